The van der Waals surface area contributed by atoms with Crippen molar-refractivity contribution in [2.24, 2.45) is 14.1 Å². The molecule has 0 unspecified atom stereocenters. The zero-order chi connectivity index (χ0) is 48.0. The van der Waals surface area contributed by atoms with E-state index in [1.165, 1.54) is 19.4 Å². The van der Waals surface area contributed by atoms with E-state index >= 15 is 0 Å². The van der Waals surface area contributed by atoms with Crippen LogP contribution in [0, 0.1) is 0 Å². The van der Waals surface area contributed by atoms with Gasteiger partial charge in [-0.2, -0.15) is 18.8 Å². The molecule has 4 heterocycles. The Morgan fingerprint density at radius 2 is 0.821 bits per heavy atom. The number of aliphatic hydroxyl groups is 1. The molecule has 2 saturated heterocycles. The van der Waals surface area contributed by atoms with Gasteiger partial charge in [-0.15, -0.1) is 0 Å². The van der Waals surface area contributed by atoms with Crippen molar-refractivity contribution in [1.82, 2.24) is 28.2 Å². The van der Waals surface area contributed by atoms with Crippen LogP contribution in [0.2, 0.25) is 0 Å². The zero-order valence-electron chi connectivity index (χ0n) is 38.5. The fourth-order valence-corrected chi connectivity index (χ4v) is 10.3. The summed E-state index contributed by atoms with van der Waals surface area (Å²) < 4.78 is 97.6. The van der Waals surface area contributed by atoms with Crippen molar-refractivity contribution < 1.29 is 55.1 Å². The van der Waals surface area contributed by atoms with Crippen molar-refractivity contribution in [3.8, 4) is 23.0 Å². The first kappa shape index (κ1) is 49.1. The summed E-state index contributed by atoms with van der Waals surface area (Å²) in [5, 5.41) is 19.0. The molecule has 0 atom stereocenters. The SMILES string of the molecule is COc1ccc(CN(Cc2ccc(OC)cc2)S(=O)(=O)c2cc(C3(O)COC3)n(C)n2)cc1.COc1ccc(CN(Cc2ccc(OC)cc2)S(=O)(=O)c2cc(C3(OC)COC3)n(C)n2)cc1. The summed E-state index contributed by atoms with van der Waals surface area (Å²) in [5.41, 5.74) is 2.41. The van der Waals surface area contributed by atoms with Gasteiger partial charge in [-0.25, -0.2) is 16.8 Å². The third kappa shape index (κ3) is 10.8. The largest absolute Gasteiger partial charge is 0.497 e. The van der Waals surface area contributed by atoms with Gasteiger partial charge in [0, 0.05) is 59.5 Å². The second kappa shape index (κ2) is 20.6. The summed E-state index contributed by atoms with van der Waals surface area (Å²) in [6, 6.07) is 32.1. The van der Waals surface area contributed by atoms with Gasteiger partial charge in [0.05, 0.1) is 66.3 Å². The Morgan fingerprint density at radius 3 is 1.07 bits per heavy atom. The average molecular weight is 961 g/mol. The van der Waals surface area contributed by atoms with Crippen LogP contribution < -0.4 is 18.9 Å². The topological polar surface area (TPSA) is 195 Å². The fourth-order valence-electron chi connectivity index (χ4n) is 7.55. The number of nitrogens with zero attached hydrogens (tertiary/aromatic N) is 6. The number of aryl methyl sites for hydroxylation is 2. The molecule has 0 spiro atoms. The van der Waals surface area contributed by atoms with Crippen molar-refractivity contribution in [2.75, 3.05) is 62.0 Å². The van der Waals surface area contributed by atoms with Gasteiger partial charge in [0.25, 0.3) is 20.0 Å². The molecule has 2 aliphatic rings. The van der Waals surface area contributed by atoms with E-state index in [2.05, 4.69) is 10.2 Å². The van der Waals surface area contributed by atoms with Crippen LogP contribution in [0.3, 0.4) is 0 Å². The molecular formula is C47H56N6O12S2. The summed E-state index contributed by atoms with van der Waals surface area (Å²) in [5.74, 6) is 2.79. The Balaban J connectivity index is 0.000000199. The van der Waals surface area contributed by atoms with Gasteiger partial charge in [0.2, 0.25) is 0 Å². The maximum Gasteiger partial charge on any atom is 0.263 e. The minimum absolute atomic E-state index is 0.0321. The number of hydrogen-bond donors (Lipinski definition) is 1. The third-order valence-electron chi connectivity index (χ3n) is 11.7. The minimum atomic E-state index is -3.99. The lowest BCUT2D eigenvalue weighted by molar-refractivity contribution is -0.206. The van der Waals surface area contributed by atoms with Crippen LogP contribution in [0.1, 0.15) is 33.6 Å². The standard InChI is InChI=1S/C24H29N3O6S.C23H27N3O6S/c1-26-22(24(32-4)16-33-17-24)13-23(25-26)34(28,29)27(14-18-5-9-20(30-2)10-6-18)15-19-7-11-21(31-3)12-8-19;1-25-21(23(27)15-32-16-23)12-22(24-25)33(28,29)26(13-17-4-8-19(30-2)9-5-17)14-18-6-10-20(31-3)11-7-18/h5-13H,14-17H2,1-4H3;4-12,27H,13-16H2,1-3H3. The van der Waals surface area contributed by atoms with Gasteiger partial charge in [-0.05, 0) is 70.8 Å². The Morgan fingerprint density at radius 1 is 0.522 bits per heavy atom. The predicted octanol–water partition coefficient (Wildman–Crippen LogP) is 4.75. The number of methoxy groups -OCH3 is 5. The number of ether oxygens (including phenoxy) is 7. The number of hydrogen-bond acceptors (Lipinski definition) is 14. The number of rotatable bonds is 19. The second-order valence-electron chi connectivity index (χ2n) is 16.1. The lowest BCUT2D eigenvalue weighted by atomic mass is 9.97. The highest BCUT2D eigenvalue weighted by atomic mass is 32.2. The van der Waals surface area contributed by atoms with Gasteiger partial charge in [0.1, 0.15) is 23.0 Å². The van der Waals surface area contributed by atoms with E-state index in [1.807, 2.05) is 72.8 Å². The first-order valence-corrected chi connectivity index (χ1v) is 24.0. The number of benzene rings is 4. The van der Waals surface area contributed by atoms with Crippen molar-refractivity contribution in [3.05, 3.63) is 143 Å². The van der Waals surface area contributed by atoms with Crippen molar-refractivity contribution in [3.63, 3.8) is 0 Å². The third-order valence-corrected chi connectivity index (χ3v) is 15.0. The summed E-state index contributed by atoms with van der Waals surface area (Å²) in [6.45, 7) is 1.52. The van der Waals surface area contributed by atoms with Crippen LogP contribution in [0.15, 0.2) is 119 Å². The number of aromatic nitrogens is 4. The molecule has 2 aromatic heterocycles. The Hall–Kier alpha value is -5.84. The van der Waals surface area contributed by atoms with Crippen LogP contribution in [0.5, 0.6) is 23.0 Å². The van der Waals surface area contributed by atoms with E-state index in [-0.39, 0.29) is 49.4 Å². The van der Waals surface area contributed by atoms with Gasteiger partial charge in [-0.1, -0.05) is 48.5 Å². The van der Waals surface area contributed by atoms with E-state index in [9.17, 15) is 21.9 Å². The maximum absolute atomic E-state index is 13.8. The predicted molar refractivity (Wildman–Crippen MR) is 245 cm³/mol. The first-order chi connectivity index (χ1) is 32.1. The molecule has 18 nitrogen and oxygen atoms in total. The average Bonchev–Trinajstić information content (AvgIpc) is 3.92. The molecule has 1 N–H and O–H groups in total. The van der Waals surface area contributed by atoms with E-state index in [1.54, 1.807) is 84.7 Å². The van der Waals surface area contributed by atoms with Crippen LogP contribution in [-0.2, 0) is 85.7 Å². The molecule has 6 aromatic rings. The molecule has 2 aliphatic heterocycles. The molecule has 20 heteroatoms. The smallest absolute Gasteiger partial charge is 0.263 e. The summed E-state index contributed by atoms with van der Waals surface area (Å²) in [7, 11) is 3.32. The molecule has 67 heavy (non-hydrogen) atoms. The molecule has 0 amide bonds. The van der Waals surface area contributed by atoms with Crippen LogP contribution in [-0.4, -0.2) is 112 Å². The molecular weight excluding hydrogens is 905 g/mol. The van der Waals surface area contributed by atoms with Crippen molar-refractivity contribution >= 4 is 20.0 Å². The summed E-state index contributed by atoms with van der Waals surface area (Å²) in [6.07, 6.45) is 0. The molecule has 0 radical (unpaired) electrons. The monoisotopic (exact) mass is 960 g/mol. The second-order valence-corrected chi connectivity index (χ2v) is 19.9. The Bertz CT molecular complexity index is 2700. The fraction of sp³-hybridized carbons (Fsp3) is 0.362. The molecule has 0 saturated carbocycles. The van der Waals surface area contributed by atoms with Crippen molar-refractivity contribution in [2.45, 2.75) is 47.4 Å². The van der Waals surface area contributed by atoms with E-state index < -0.39 is 31.2 Å². The maximum atomic E-state index is 13.8. The van der Waals surface area contributed by atoms with E-state index in [0.717, 1.165) is 22.3 Å². The van der Waals surface area contributed by atoms with E-state index in [4.69, 9.17) is 33.2 Å². The van der Waals surface area contributed by atoms with Gasteiger partial charge in [0.15, 0.2) is 21.3 Å². The van der Waals surface area contributed by atoms with Gasteiger partial charge in [-0.3, -0.25) is 9.36 Å². The molecule has 8 rings (SSSR count). The van der Waals surface area contributed by atoms with Crippen LogP contribution >= 0.6 is 0 Å². The summed E-state index contributed by atoms with van der Waals surface area (Å²) in [4.78, 5) is 0. The van der Waals surface area contributed by atoms with Gasteiger partial charge < -0.3 is 38.3 Å². The molecule has 358 valence electrons. The zero-order valence-corrected chi connectivity index (χ0v) is 40.1. The van der Waals surface area contributed by atoms with Crippen molar-refractivity contribution in [1.29, 1.82) is 0 Å². The quantitative estimate of drug-likeness (QED) is 0.117. The minimum Gasteiger partial charge on any atom is -0.497 e. The van der Waals surface area contributed by atoms with Crippen LogP contribution in [0.25, 0.3) is 0 Å². The lowest BCUT2D eigenvalue weighted by Gasteiger charge is -2.39. The van der Waals surface area contributed by atoms with E-state index in [0.29, 0.717) is 47.6 Å². The lowest BCUT2D eigenvalue weighted by Crippen LogP contribution is -2.49. The molecule has 2 fully saturated rings. The van der Waals surface area contributed by atoms with Crippen LogP contribution in [0.4, 0.5) is 0 Å². The molecule has 4 aromatic carbocycles. The molecule has 0 aliphatic carbocycles. The first-order valence-electron chi connectivity index (χ1n) is 21.1. The molecule has 0 bridgehead atoms. The highest BCUT2D eigenvalue weighted by Crippen LogP contribution is 2.35. The summed E-state index contributed by atoms with van der Waals surface area (Å²) >= 11 is 0. The normalized spacial score (nSPS) is 15.3. The highest BCUT2D eigenvalue weighted by Gasteiger charge is 2.45. The Labute approximate surface area is 391 Å². The van der Waals surface area contributed by atoms with Gasteiger partial charge >= 0.3 is 0 Å². The number of sulfonamides is 2. The highest BCUT2D eigenvalue weighted by molar-refractivity contribution is 7.89. The Kier molecular flexibility index (Phi) is 15.1.